The fourth-order valence-corrected chi connectivity index (χ4v) is 4.36. The van der Waals surface area contributed by atoms with Crippen LogP contribution in [0.15, 0.2) is 48.5 Å². The minimum Gasteiger partial charge on any atom is -0.481 e. The molecule has 0 saturated carbocycles. The highest BCUT2D eigenvalue weighted by molar-refractivity contribution is 5.86. The van der Waals surface area contributed by atoms with E-state index in [0.29, 0.717) is 6.42 Å². The summed E-state index contributed by atoms with van der Waals surface area (Å²) in [7, 11) is 0. The van der Waals surface area contributed by atoms with E-state index in [1.54, 1.807) is 13.8 Å². The third-order valence-corrected chi connectivity index (χ3v) is 6.54. The van der Waals surface area contributed by atoms with Crippen LogP contribution in [-0.4, -0.2) is 41.3 Å². The zero-order valence-corrected chi connectivity index (χ0v) is 20.3. The molecule has 7 heteroatoms. The summed E-state index contributed by atoms with van der Waals surface area (Å²) in [5.41, 5.74) is 3.81. The summed E-state index contributed by atoms with van der Waals surface area (Å²) in [6.07, 6.45) is 0.260. The van der Waals surface area contributed by atoms with E-state index in [2.05, 4.69) is 34.9 Å². The van der Waals surface area contributed by atoms with E-state index >= 15 is 0 Å². The van der Waals surface area contributed by atoms with Crippen molar-refractivity contribution in [2.45, 2.75) is 64.5 Å². The van der Waals surface area contributed by atoms with Gasteiger partial charge in [-0.1, -0.05) is 68.8 Å². The van der Waals surface area contributed by atoms with E-state index in [1.807, 2.05) is 38.1 Å². The van der Waals surface area contributed by atoms with Crippen molar-refractivity contribution in [3.05, 3.63) is 59.7 Å². The molecule has 1 aliphatic carbocycles. The molecule has 0 aliphatic heterocycles. The van der Waals surface area contributed by atoms with Crippen LogP contribution in [0.5, 0.6) is 0 Å². The molecule has 0 fully saturated rings. The number of amides is 2. The molecule has 0 heterocycles. The summed E-state index contributed by atoms with van der Waals surface area (Å²) in [6.45, 7) is 7.54. The molecule has 0 spiro atoms. The summed E-state index contributed by atoms with van der Waals surface area (Å²) >= 11 is 0. The molecule has 3 rings (SSSR count). The molecule has 2 amide bonds. The molecule has 0 saturated heterocycles. The van der Waals surface area contributed by atoms with Gasteiger partial charge in [0.1, 0.15) is 12.6 Å². The van der Waals surface area contributed by atoms with Crippen LogP contribution < -0.4 is 10.6 Å². The number of alkyl carbamates (subject to hydrolysis) is 1. The van der Waals surface area contributed by atoms with Crippen molar-refractivity contribution in [2.24, 2.45) is 5.92 Å². The van der Waals surface area contributed by atoms with Gasteiger partial charge in [0.15, 0.2) is 0 Å². The van der Waals surface area contributed by atoms with Gasteiger partial charge in [-0.3, -0.25) is 9.59 Å². The Kier molecular flexibility index (Phi) is 7.97. The maximum Gasteiger partial charge on any atom is 0.407 e. The molecule has 0 aromatic heterocycles. The SMILES string of the molecule is CCC(C)C(NC(=O)OCC1c2ccccc2-c2ccccc21)C(=O)NC(C)(C)CCC(=O)O. The number of rotatable bonds is 10. The molecular formula is C27H34N2O5. The maximum absolute atomic E-state index is 13.0. The van der Waals surface area contributed by atoms with Crippen LogP contribution in [0.2, 0.25) is 0 Å². The zero-order chi connectivity index (χ0) is 24.9. The van der Waals surface area contributed by atoms with Gasteiger partial charge in [0.05, 0.1) is 0 Å². The van der Waals surface area contributed by atoms with Crippen LogP contribution in [0.4, 0.5) is 4.79 Å². The first-order valence-corrected chi connectivity index (χ1v) is 11.8. The molecule has 3 N–H and O–H groups in total. The van der Waals surface area contributed by atoms with Gasteiger partial charge in [0, 0.05) is 17.9 Å². The lowest BCUT2D eigenvalue weighted by Gasteiger charge is -2.30. The number of nitrogens with one attached hydrogen (secondary N) is 2. The van der Waals surface area contributed by atoms with Gasteiger partial charge < -0.3 is 20.5 Å². The average molecular weight is 467 g/mol. The Balaban J connectivity index is 1.66. The number of carboxylic acid groups (broad SMARTS) is 1. The summed E-state index contributed by atoms with van der Waals surface area (Å²) in [5, 5.41) is 14.6. The second-order valence-electron chi connectivity index (χ2n) is 9.60. The van der Waals surface area contributed by atoms with Gasteiger partial charge in [0.25, 0.3) is 0 Å². The van der Waals surface area contributed by atoms with E-state index in [0.717, 1.165) is 22.3 Å². The third kappa shape index (κ3) is 5.95. The van der Waals surface area contributed by atoms with Gasteiger partial charge >= 0.3 is 12.1 Å². The lowest BCUT2D eigenvalue weighted by molar-refractivity contribution is -0.138. The molecule has 2 atom stereocenters. The van der Waals surface area contributed by atoms with Crippen molar-refractivity contribution in [3.8, 4) is 11.1 Å². The molecule has 0 radical (unpaired) electrons. The quantitative estimate of drug-likeness (QED) is 0.471. The summed E-state index contributed by atoms with van der Waals surface area (Å²) in [6, 6.07) is 15.4. The van der Waals surface area contributed by atoms with Crippen LogP contribution in [0.1, 0.15) is 64.0 Å². The monoisotopic (exact) mass is 466 g/mol. The smallest absolute Gasteiger partial charge is 0.407 e. The molecule has 7 nitrogen and oxygen atoms in total. The molecule has 2 unspecified atom stereocenters. The Hall–Kier alpha value is -3.35. The van der Waals surface area contributed by atoms with E-state index in [-0.39, 0.29) is 37.2 Å². The Morgan fingerprint density at radius 1 is 1.03 bits per heavy atom. The van der Waals surface area contributed by atoms with Gasteiger partial charge in [-0.25, -0.2) is 4.79 Å². The number of hydrogen-bond acceptors (Lipinski definition) is 4. The first kappa shape index (κ1) is 25.3. The van der Waals surface area contributed by atoms with Crippen molar-refractivity contribution in [3.63, 3.8) is 0 Å². The van der Waals surface area contributed by atoms with Gasteiger partial charge in [0.2, 0.25) is 5.91 Å². The molecule has 2 aromatic carbocycles. The number of carbonyl (C=O) groups is 3. The number of carbonyl (C=O) groups excluding carboxylic acids is 2. The summed E-state index contributed by atoms with van der Waals surface area (Å²) < 4.78 is 5.62. The van der Waals surface area contributed by atoms with Gasteiger partial charge in [-0.15, -0.1) is 0 Å². The minimum atomic E-state index is -0.919. The van der Waals surface area contributed by atoms with Crippen LogP contribution in [-0.2, 0) is 14.3 Å². The Morgan fingerprint density at radius 3 is 2.12 bits per heavy atom. The first-order chi connectivity index (χ1) is 16.1. The predicted molar refractivity (Wildman–Crippen MR) is 131 cm³/mol. The lowest BCUT2D eigenvalue weighted by atomic mass is 9.94. The molecule has 2 aromatic rings. The normalized spacial score (nSPS) is 14.5. The summed E-state index contributed by atoms with van der Waals surface area (Å²) in [4.78, 5) is 36.7. The Morgan fingerprint density at radius 2 is 1.59 bits per heavy atom. The third-order valence-electron chi connectivity index (χ3n) is 6.54. The number of aliphatic carboxylic acids is 1. The van der Waals surface area contributed by atoms with Crippen molar-refractivity contribution >= 4 is 18.0 Å². The molecule has 1 aliphatic rings. The van der Waals surface area contributed by atoms with E-state index < -0.39 is 23.6 Å². The number of fused-ring (bicyclic) bond motifs is 3. The van der Waals surface area contributed by atoms with E-state index in [4.69, 9.17) is 9.84 Å². The fraction of sp³-hybridized carbons (Fsp3) is 0.444. The number of benzene rings is 2. The van der Waals surface area contributed by atoms with Crippen molar-refractivity contribution in [2.75, 3.05) is 6.61 Å². The number of hydrogen-bond donors (Lipinski definition) is 3. The number of carboxylic acids is 1. The Labute approximate surface area is 200 Å². The van der Waals surface area contributed by atoms with Crippen LogP contribution in [0.25, 0.3) is 11.1 Å². The van der Waals surface area contributed by atoms with E-state index in [9.17, 15) is 14.4 Å². The van der Waals surface area contributed by atoms with Crippen molar-refractivity contribution in [1.29, 1.82) is 0 Å². The fourth-order valence-electron chi connectivity index (χ4n) is 4.36. The first-order valence-electron chi connectivity index (χ1n) is 11.8. The molecule has 0 bridgehead atoms. The standard InChI is InChI=1S/C27H34N2O5/c1-5-17(2)24(25(32)29-27(3,4)15-14-23(30)31)28-26(33)34-16-22-20-12-8-6-10-18(20)19-11-7-9-13-21(19)22/h6-13,17,22,24H,5,14-16H2,1-4H3,(H,28,33)(H,29,32)(H,30,31). The van der Waals surface area contributed by atoms with Crippen LogP contribution in [0, 0.1) is 5.92 Å². The zero-order valence-electron chi connectivity index (χ0n) is 20.3. The molecular weight excluding hydrogens is 432 g/mol. The highest BCUT2D eigenvalue weighted by Crippen LogP contribution is 2.44. The molecule has 34 heavy (non-hydrogen) atoms. The predicted octanol–water partition coefficient (Wildman–Crippen LogP) is 4.70. The Bertz CT molecular complexity index is 1000. The van der Waals surface area contributed by atoms with Gasteiger partial charge in [-0.05, 0) is 48.4 Å². The van der Waals surface area contributed by atoms with E-state index in [1.165, 1.54) is 0 Å². The molecule has 182 valence electrons. The van der Waals surface area contributed by atoms with Crippen molar-refractivity contribution < 1.29 is 24.2 Å². The highest BCUT2D eigenvalue weighted by atomic mass is 16.5. The largest absolute Gasteiger partial charge is 0.481 e. The average Bonchev–Trinajstić information content (AvgIpc) is 3.13. The topological polar surface area (TPSA) is 105 Å². The lowest BCUT2D eigenvalue weighted by Crippen LogP contribution is -2.55. The summed E-state index contributed by atoms with van der Waals surface area (Å²) in [5.74, 6) is -1.46. The maximum atomic E-state index is 13.0. The van der Waals surface area contributed by atoms with Gasteiger partial charge in [-0.2, -0.15) is 0 Å². The second-order valence-corrected chi connectivity index (χ2v) is 9.60. The van der Waals surface area contributed by atoms with Crippen LogP contribution >= 0.6 is 0 Å². The second kappa shape index (κ2) is 10.7. The van der Waals surface area contributed by atoms with Crippen LogP contribution in [0.3, 0.4) is 0 Å². The number of ether oxygens (including phenoxy) is 1. The minimum absolute atomic E-state index is 0.0545. The highest BCUT2D eigenvalue weighted by Gasteiger charge is 2.32. The van der Waals surface area contributed by atoms with Crippen molar-refractivity contribution in [1.82, 2.24) is 10.6 Å².